The summed E-state index contributed by atoms with van der Waals surface area (Å²) < 4.78 is 0. The zero-order valence-electron chi connectivity index (χ0n) is 11.6. The minimum Gasteiger partial charge on any atom is -0.481 e. The van der Waals surface area contributed by atoms with Crippen molar-refractivity contribution >= 4 is 11.9 Å². The van der Waals surface area contributed by atoms with Crippen molar-refractivity contribution in [2.45, 2.75) is 59.4 Å². The monoisotopic (exact) mass is 243 g/mol. The fourth-order valence-electron chi connectivity index (χ4n) is 1.81. The lowest BCUT2D eigenvalue weighted by atomic mass is 9.79. The number of aliphatic carboxylic acids is 1. The van der Waals surface area contributed by atoms with Crippen LogP contribution in [0.25, 0.3) is 0 Å². The molecular formula is C13H25NO3. The Hall–Kier alpha value is -1.06. The highest BCUT2D eigenvalue weighted by molar-refractivity contribution is 5.85. The summed E-state index contributed by atoms with van der Waals surface area (Å²) in [4.78, 5) is 25.0. The van der Waals surface area contributed by atoms with E-state index in [1.807, 2.05) is 27.7 Å². The van der Waals surface area contributed by atoms with E-state index in [4.69, 9.17) is 0 Å². The highest BCUT2D eigenvalue weighted by Crippen LogP contribution is 2.31. The molecule has 4 nitrogen and oxygen atoms in total. The normalized spacial score (nSPS) is 13.2. The molecule has 0 aromatic carbocycles. The Labute approximate surface area is 104 Å². The molecule has 1 unspecified atom stereocenters. The number of hydrogen-bond acceptors (Lipinski definition) is 2. The Kier molecular flexibility index (Phi) is 6.21. The van der Waals surface area contributed by atoms with Crippen LogP contribution in [-0.4, -0.2) is 35.0 Å². The molecule has 0 saturated carbocycles. The number of carboxylic acid groups (broad SMARTS) is 1. The van der Waals surface area contributed by atoms with Crippen molar-refractivity contribution in [3.8, 4) is 0 Å². The number of carbonyl (C=O) groups is 2. The summed E-state index contributed by atoms with van der Waals surface area (Å²) in [5.41, 5.74) is -0.904. The number of amides is 1. The van der Waals surface area contributed by atoms with Gasteiger partial charge >= 0.3 is 5.97 Å². The summed E-state index contributed by atoms with van der Waals surface area (Å²) in [5.74, 6) is -0.946. The minimum atomic E-state index is -0.904. The van der Waals surface area contributed by atoms with Crippen LogP contribution in [-0.2, 0) is 9.59 Å². The number of nitrogens with zero attached hydrogens (tertiary/aromatic N) is 1. The van der Waals surface area contributed by atoms with Gasteiger partial charge in [-0.1, -0.05) is 20.8 Å². The van der Waals surface area contributed by atoms with Crippen molar-refractivity contribution in [2.24, 2.45) is 5.41 Å². The van der Waals surface area contributed by atoms with Gasteiger partial charge in [0.15, 0.2) is 0 Å². The van der Waals surface area contributed by atoms with E-state index in [-0.39, 0.29) is 18.4 Å². The van der Waals surface area contributed by atoms with E-state index in [0.29, 0.717) is 12.8 Å². The summed E-state index contributed by atoms with van der Waals surface area (Å²) in [7, 11) is 1.74. The zero-order valence-corrected chi connectivity index (χ0v) is 11.6. The van der Waals surface area contributed by atoms with E-state index >= 15 is 0 Å². The first-order chi connectivity index (χ1) is 7.84. The van der Waals surface area contributed by atoms with Crippen LogP contribution in [0.2, 0.25) is 0 Å². The van der Waals surface area contributed by atoms with Gasteiger partial charge in [0.05, 0.1) is 5.41 Å². The molecule has 0 aromatic rings. The molecule has 0 spiro atoms. The van der Waals surface area contributed by atoms with Gasteiger partial charge in [-0.3, -0.25) is 9.59 Å². The fraction of sp³-hybridized carbons (Fsp3) is 0.846. The Morgan fingerprint density at radius 3 is 2.00 bits per heavy atom. The molecule has 1 amide bonds. The van der Waals surface area contributed by atoms with Gasteiger partial charge < -0.3 is 10.0 Å². The molecule has 0 saturated heterocycles. The van der Waals surface area contributed by atoms with Crippen molar-refractivity contribution in [1.29, 1.82) is 0 Å². The van der Waals surface area contributed by atoms with Gasteiger partial charge in [0.25, 0.3) is 0 Å². The molecule has 17 heavy (non-hydrogen) atoms. The number of hydrogen-bond donors (Lipinski definition) is 1. The van der Waals surface area contributed by atoms with E-state index in [1.54, 1.807) is 11.9 Å². The highest BCUT2D eigenvalue weighted by atomic mass is 16.4. The van der Waals surface area contributed by atoms with Gasteiger partial charge in [-0.05, 0) is 26.2 Å². The SMILES string of the molecule is CCC(C)N(C)C(=O)CC(CC)(CC)C(=O)O. The van der Waals surface area contributed by atoms with Gasteiger partial charge in [-0.2, -0.15) is 0 Å². The molecule has 0 fully saturated rings. The topological polar surface area (TPSA) is 57.6 Å². The molecule has 0 aliphatic rings. The maximum absolute atomic E-state index is 12.0. The second kappa shape index (κ2) is 6.62. The summed E-state index contributed by atoms with van der Waals surface area (Å²) >= 11 is 0. The summed E-state index contributed by atoms with van der Waals surface area (Å²) in [6, 6.07) is 0.155. The largest absolute Gasteiger partial charge is 0.481 e. The highest BCUT2D eigenvalue weighted by Gasteiger charge is 2.38. The first-order valence-corrected chi connectivity index (χ1v) is 6.33. The van der Waals surface area contributed by atoms with Gasteiger partial charge in [-0.15, -0.1) is 0 Å². The lowest BCUT2D eigenvalue weighted by Gasteiger charge is -2.30. The van der Waals surface area contributed by atoms with Gasteiger partial charge in [0, 0.05) is 19.5 Å². The molecule has 100 valence electrons. The maximum Gasteiger partial charge on any atom is 0.310 e. The van der Waals surface area contributed by atoms with Crippen LogP contribution >= 0.6 is 0 Å². The third-order valence-electron chi connectivity index (χ3n) is 3.94. The van der Waals surface area contributed by atoms with Crippen molar-refractivity contribution in [1.82, 2.24) is 4.90 Å². The number of carboxylic acids is 1. The van der Waals surface area contributed by atoms with Gasteiger partial charge in [0.2, 0.25) is 5.91 Å². The van der Waals surface area contributed by atoms with E-state index in [0.717, 1.165) is 6.42 Å². The first-order valence-electron chi connectivity index (χ1n) is 6.33. The molecule has 0 rings (SSSR count). The Bertz CT molecular complexity index is 272. The molecule has 0 bridgehead atoms. The smallest absolute Gasteiger partial charge is 0.310 e. The molecule has 1 N–H and O–H groups in total. The van der Waals surface area contributed by atoms with Crippen LogP contribution in [0.4, 0.5) is 0 Å². The van der Waals surface area contributed by atoms with Crippen molar-refractivity contribution in [2.75, 3.05) is 7.05 Å². The van der Waals surface area contributed by atoms with Crippen molar-refractivity contribution in [3.05, 3.63) is 0 Å². The summed E-state index contributed by atoms with van der Waals surface area (Å²) in [6.45, 7) is 7.64. The van der Waals surface area contributed by atoms with E-state index in [1.165, 1.54) is 0 Å². The molecule has 0 aliphatic carbocycles. The third kappa shape index (κ3) is 3.72. The summed E-state index contributed by atoms with van der Waals surface area (Å²) in [5, 5.41) is 9.28. The number of rotatable bonds is 7. The molecular weight excluding hydrogens is 218 g/mol. The molecule has 0 heterocycles. The predicted molar refractivity (Wildman–Crippen MR) is 67.8 cm³/mol. The minimum absolute atomic E-state index is 0.0783. The second-order valence-corrected chi connectivity index (χ2v) is 4.73. The molecule has 0 aliphatic heterocycles. The van der Waals surface area contributed by atoms with Crippen LogP contribution in [0.15, 0.2) is 0 Å². The second-order valence-electron chi connectivity index (χ2n) is 4.73. The van der Waals surface area contributed by atoms with E-state index < -0.39 is 11.4 Å². The molecule has 4 heteroatoms. The van der Waals surface area contributed by atoms with Crippen molar-refractivity contribution < 1.29 is 14.7 Å². The average molecular weight is 243 g/mol. The van der Waals surface area contributed by atoms with E-state index in [2.05, 4.69) is 0 Å². The average Bonchev–Trinajstić information content (AvgIpc) is 2.33. The Morgan fingerprint density at radius 1 is 1.24 bits per heavy atom. The van der Waals surface area contributed by atoms with Gasteiger partial charge in [0.1, 0.15) is 0 Å². The maximum atomic E-state index is 12.0. The quantitative estimate of drug-likeness (QED) is 0.747. The predicted octanol–water partition coefficient (Wildman–Crippen LogP) is 2.52. The number of carbonyl (C=O) groups excluding carboxylic acids is 1. The zero-order chi connectivity index (χ0) is 13.6. The lowest BCUT2D eigenvalue weighted by Crippen LogP contribution is -2.41. The lowest BCUT2D eigenvalue weighted by molar-refractivity contribution is -0.154. The van der Waals surface area contributed by atoms with Crippen LogP contribution in [0.1, 0.15) is 53.4 Å². The first kappa shape index (κ1) is 15.9. The van der Waals surface area contributed by atoms with Crippen LogP contribution < -0.4 is 0 Å². The Balaban J connectivity index is 4.79. The van der Waals surface area contributed by atoms with Gasteiger partial charge in [-0.25, -0.2) is 0 Å². The third-order valence-corrected chi connectivity index (χ3v) is 3.94. The van der Waals surface area contributed by atoms with Crippen LogP contribution in [0.5, 0.6) is 0 Å². The Morgan fingerprint density at radius 2 is 1.71 bits per heavy atom. The summed E-state index contributed by atoms with van der Waals surface area (Å²) in [6.07, 6.45) is 1.94. The molecule has 0 aromatic heterocycles. The molecule has 1 atom stereocenters. The fourth-order valence-corrected chi connectivity index (χ4v) is 1.81. The standard InChI is InChI=1S/C13H25NO3/c1-6-10(4)14(5)11(15)9-13(7-2,8-3)12(16)17/h10H,6-9H2,1-5H3,(H,16,17). The van der Waals surface area contributed by atoms with Crippen molar-refractivity contribution in [3.63, 3.8) is 0 Å². The molecule has 0 radical (unpaired) electrons. The van der Waals surface area contributed by atoms with Crippen LogP contribution in [0.3, 0.4) is 0 Å². The van der Waals surface area contributed by atoms with E-state index in [9.17, 15) is 14.7 Å². The van der Waals surface area contributed by atoms with Crippen LogP contribution in [0, 0.1) is 5.41 Å².